The Morgan fingerprint density at radius 3 is 2.60 bits per heavy atom. The van der Waals surface area contributed by atoms with Gasteiger partial charge in [0.05, 0.1) is 0 Å². The maximum atomic E-state index is 5.77. The Hall–Kier alpha value is -0.300. The Kier molecular flexibility index (Phi) is 2.94. The first kappa shape index (κ1) is 7.80. The van der Waals surface area contributed by atoms with Crippen LogP contribution < -0.4 is 5.73 Å². The molecule has 0 aromatic carbocycles. The maximum absolute atomic E-state index is 5.77. The van der Waals surface area contributed by atoms with Gasteiger partial charge in [-0.1, -0.05) is 18.6 Å². The summed E-state index contributed by atoms with van der Waals surface area (Å²) in [5.41, 5.74) is 7.39. The summed E-state index contributed by atoms with van der Waals surface area (Å²) in [6.07, 6.45) is 8.43. The van der Waals surface area contributed by atoms with Gasteiger partial charge in [-0.3, -0.25) is 0 Å². The molecule has 0 spiro atoms. The fraction of sp³-hybridized carbons (Fsp3) is 0.778. The predicted molar refractivity (Wildman–Crippen MR) is 44.8 cm³/mol. The predicted octanol–water partition coefficient (Wildman–Crippen LogP) is 2.22. The van der Waals surface area contributed by atoms with E-state index in [-0.39, 0.29) is 0 Å². The van der Waals surface area contributed by atoms with Crippen molar-refractivity contribution >= 4 is 0 Å². The molecule has 1 aliphatic carbocycles. The highest BCUT2D eigenvalue weighted by molar-refractivity contribution is 5.05. The van der Waals surface area contributed by atoms with Crippen molar-refractivity contribution in [1.82, 2.24) is 0 Å². The highest BCUT2D eigenvalue weighted by atomic mass is 14.6. The summed E-state index contributed by atoms with van der Waals surface area (Å²) < 4.78 is 0. The molecule has 0 heterocycles. The van der Waals surface area contributed by atoms with E-state index in [1.807, 2.05) is 0 Å². The zero-order valence-corrected chi connectivity index (χ0v) is 6.77. The second-order valence-corrected chi connectivity index (χ2v) is 3.11. The van der Waals surface area contributed by atoms with Crippen LogP contribution in [0, 0.1) is 0 Å². The van der Waals surface area contributed by atoms with Gasteiger partial charge < -0.3 is 5.73 Å². The molecule has 1 rings (SSSR count). The van der Waals surface area contributed by atoms with Crippen LogP contribution in [0.3, 0.4) is 0 Å². The number of hydrogen-bond donors (Lipinski definition) is 1. The molecule has 0 bridgehead atoms. The average Bonchev–Trinajstić information content (AvgIpc) is 1.95. The van der Waals surface area contributed by atoms with E-state index in [9.17, 15) is 0 Å². The lowest BCUT2D eigenvalue weighted by Crippen LogP contribution is -2.23. The van der Waals surface area contributed by atoms with Gasteiger partial charge in [0.15, 0.2) is 0 Å². The minimum atomic E-state index is 0.481. The second kappa shape index (κ2) is 3.77. The SMILES string of the molecule is CCC=C1CCC(N)CC1. The molecular formula is C9H17N. The lowest BCUT2D eigenvalue weighted by atomic mass is 9.91. The molecule has 2 N–H and O–H groups in total. The summed E-state index contributed by atoms with van der Waals surface area (Å²) in [4.78, 5) is 0. The molecule has 0 aliphatic heterocycles. The second-order valence-electron chi connectivity index (χ2n) is 3.11. The van der Waals surface area contributed by atoms with Crippen LogP contribution in [0.25, 0.3) is 0 Å². The van der Waals surface area contributed by atoms with Crippen LogP contribution in [-0.2, 0) is 0 Å². The first-order valence-electron chi connectivity index (χ1n) is 4.26. The smallest absolute Gasteiger partial charge is 0.00449 e. The summed E-state index contributed by atoms with van der Waals surface area (Å²) >= 11 is 0. The van der Waals surface area contributed by atoms with Crippen molar-refractivity contribution in [3.8, 4) is 0 Å². The molecule has 0 aromatic heterocycles. The molecule has 1 heteroatoms. The summed E-state index contributed by atoms with van der Waals surface area (Å²) in [6.45, 7) is 2.20. The molecule has 10 heavy (non-hydrogen) atoms. The van der Waals surface area contributed by atoms with E-state index in [0.29, 0.717) is 6.04 Å². The average molecular weight is 139 g/mol. The third-order valence-corrected chi connectivity index (χ3v) is 2.17. The van der Waals surface area contributed by atoms with Crippen LogP contribution in [0.4, 0.5) is 0 Å². The minimum absolute atomic E-state index is 0.481. The van der Waals surface area contributed by atoms with Crippen molar-refractivity contribution in [3.63, 3.8) is 0 Å². The number of hydrogen-bond acceptors (Lipinski definition) is 1. The van der Waals surface area contributed by atoms with Crippen LogP contribution >= 0.6 is 0 Å². The number of allylic oxidation sites excluding steroid dienone is 2. The monoisotopic (exact) mass is 139 g/mol. The van der Waals surface area contributed by atoms with Crippen molar-refractivity contribution in [2.24, 2.45) is 5.73 Å². The van der Waals surface area contributed by atoms with Crippen molar-refractivity contribution in [1.29, 1.82) is 0 Å². The molecule has 1 nitrogen and oxygen atoms in total. The largest absolute Gasteiger partial charge is 0.328 e. The van der Waals surface area contributed by atoms with Gasteiger partial charge in [-0.2, -0.15) is 0 Å². The minimum Gasteiger partial charge on any atom is -0.328 e. The zero-order valence-electron chi connectivity index (χ0n) is 6.77. The van der Waals surface area contributed by atoms with E-state index >= 15 is 0 Å². The van der Waals surface area contributed by atoms with E-state index in [2.05, 4.69) is 13.0 Å². The Morgan fingerprint density at radius 1 is 1.50 bits per heavy atom. The molecule has 1 aliphatic rings. The van der Waals surface area contributed by atoms with E-state index in [0.717, 1.165) is 0 Å². The van der Waals surface area contributed by atoms with Gasteiger partial charge in [-0.05, 0) is 32.1 Å². The molecule has 58 valence electrons. The Balaban J connectivity index is 2.32. The van der Waals surface area contributed by atoms with Gasteiger partial charge in [-0.15, -0.1) is 0 Å². The molecular weight excluding hydrogens is 122 g/mol. The van der Waals surface area contributed by atoms with Gasteiger partial charge in [0.1, 0.15) is 0 Å². The van der Waals surface area contributed by atoms with Crippen LogP contribution in [0.2, 0.25) is 0 Å². The van der Waals surface area contributed by atoms with Gasteiger partial charge in [0.2, 0.25) is 0 Å². The topological polar surface area (TPSA) is 26.0 Å². The van der Waals surface area contributed by atoms with Crippen LogP contribution in [0.5, 0.6) is 0 Å². The van der Waals surface area contributed by atoms with Crippen LogP contribution in [0.1, 0.15) is 39.0 Å². The molecule has 0 aromatic rings. The van der Waals surface area contributed by atoms with Crippen LogP contribution in [-0.4, -0.2) is 6.04 Å². The molecule has 1 fully saturated rings. The van der Waals surface area contributed by atoms with E-state index in [4.69, 9.17) is 5.73 Å². The lowest BCUT2D eigenvalue weighted by Gasteiger charge is -2.19. The number of rotatable bonds is 1. The summed E-state index contributed by atoms with van der Waals surface area (Å²) in [7, 11) is 0. The maximum Gasteiger partial charge on any atom is 0.00449 e. The highest BCUT2D eigenvalue weighted by Gasteiger charge is 2.11. The number of nitrogens with two attached hydrogens (primary N) is 1. The highest BCUT2D eigenvalue weighted by Crippen LogP contribution is 2.22. The van der Waals surface area contributed by atoms with Gasteiger partial charge >= 0.3 is 0 Å². The third kappa shape index (κ3) is 2.14. The van der Waals surface area contributed by atoms with Crippen molar-refractivity contribution in [2.75, 3.05) is 0 Å². The van der Waals surface area contributed by atoms with Crippen molar-refractivity contribution < 1.29 is 0 Å². The Labute approximate surface area is 63.3 Å². The van der Waals surface area contributed by atoms with Crippen molar-refractivity contribution in [3.05, 3.63) is 11.6 Å². The van der Waals surface area contributed by atoms with Gasteiger partial charge in [0, 0.05) is 6.04 Å². The first-order chi connectivity index (χ1) is 4.83. The summed E-state index contributed by atoms with van der Waals surface area (Å²) in [6, 6.07) is 0.481. The Bertz CT molecular complexity index is 117. The summed E-state index contributed by atoms with van der Waals surface area (Å²) in [5, 5.41) is 0. The first-order valence-corrected chi connectivity index (χ1v) is 4.26. The van der Waals surface area contributed by atoms with Gasteiger partial charge in [-0.25, -0.2) is 0 Å². The fourth-order valence-corrected chi connectivity index (χ4v) is 1.50. The van der Waals surface area contributed by atoms with Gasteiger partial charge in [0.25, 0.3) is 0 Å². The lowest BCUT2D eigenvalue weighted by molar-refractivity contribution is 0.510. The molecule has 1 saturated carbocycles. The fourth-order valence-electron chi connectivity index (χ4n) is 1.50. The third-order valence-electron chi connectivity index (χ3n) is 2.17. The van der Waals surface area contributed by atoms with E-state index < -0.39 is 0 Å². The molecule has 0 radical (unpaired) electrons. The quantitative estimate of drug-likeness (QED) is 0.554. The normalized spacial score (nSPS) is 26.6. The molecule has 0 amide bonds. The standard InChI is InChI=1S/C9H17N/c1-2-3-8-4-6-9(10)7-5-8/h3,9H,2,4-7,10H2,1H3. The molecule has 0 saturated heterocycles. The zero-order chi connectivity index (χ0) is 7.40. The molecule has 0 atom stereocenters. The molecule has 0 unspecified atom stereocenters. The summed E-state index contributed by atoms with van der Waals surface area (Å²) in [5.74, 6) is 0. The van der Waals surface area contributed by atoms with E-state index in [1.54, 1.807) is 5.57 Å². The van der Waals surface area contributed by atoms with E-state index in [1.165, 1.54) is 32.1 Å². The van der Waals surface area contributed by atoms with Crippen molar-refractivity contribution in [2.45, 2.75) is 45.1 Å². The Morgan fingerprint density at radius 2 is 2.10 bits per heavy atom. The van der Waals surface area contributed by atoms with Crippen LogP contribution in [0.15, 0.2) is 11.6 Å².